The Hall–Kier alpha value is -1.16. The van der Waals surface area contributed by atoms with Crippen LogP contribution in [0, 0.1) is 0 Å². The van der Waals surface area contributed by atoms with Crippen LogP contribution in [0.2, 0.25) is 0 Å². The molecule has 6 heteroatoms. The second-order valence-electron chi connectivity index (χ2n) is 3.85. The van der Waals surface area contributed by atoms with E-state index < -0.39 is 20.3 Å². The van der Waals surface area contributed by atoms with Gasteiger partial charge in [0.1, 0.15) is 12.4 Å². The Morgan fingerprint density at radius 2 is 2.05 bits per heavy atom. The summed E-state index contributed by atoms with van der Waals surface area (Å²) in [6.07, 6.45) is 0.0415. The highest BCUT2D eigenvalue weighted by molar-refractivity contribution is 7.47. The number of alkyl carbamates (subject to hydrolysis) is 1. The zero-order chi connectivity index (χ0) is 14.1. The summed E-state index contributed by atoms with van der Waals surface area (Å²) >= 11 is 0. The van der Waals surface area contributed by atoms with E-state index in [9.17, 15) is 9.69 Å². The Morgan fingerprint density at radius 1 is 1.37 bits per heavy atom. The Morgan fingerprint density at radius 3 is 2.63 bits per heavy atom. The van der Waals surface area contributed by atoms with Crippen molar-refractivity contribution in [1.82, 2.24) is 5.32 Å². The van der Waals surface area contributed by atoms with Crippen molar-refractivity contribution in [3.05, 3.63) is 35.9 Å². The molecular formula is C13H20NO4P. The fraction of sp³-hybridized carbons (Fsp3) is 0.462. The van der Waals surface area contributed by atoms with Gasteiger partial charge in [-0.05, 0) is 18.9 Å². The van der Waals surface area contributed by atoms with Gasteiger partial charge in [-0.1, -0.05) is 37.3 Å². The van der Waals surface area contributed by atoms with Crippen LogP contribution >= 0.6 is 8.38 Å². The van der Waals surface area contributed by atoms with Gasteiger partial charge >= 0.3 is 6.09 Å². The first-order valence-electron chi connectivity index (χ1n) is 6.25. The number of ether oxygens (including phenoxy) is 1. The molecule has 2 unspecified atom stereocenters. The molecule has 0 aliphatic carbocycles. The van der Waals surface area contributed by atoms with Gasteiger partial charge in [-0.25, -0.2) is 4.79 Å². The summed E-state index contributed by atoms with van der Waals surface area (Å²) in [5, 5.41) is 2.61. The Balaban J connectivity index is 2.37. The van der Waals surface area contributed by atoms with Crippen LogP contribution in [0.3, 0.4) is 0 Å². The lowest BCUT2D eigenvalue weighted by atomic mass is 10.2. The molecule has 0 aliphatic rings. The minimum absolute atomic E-state index is 0.209. The molecule has 2 N–H and O–H groups in total. The maximum absolute atomic E-state index is 11.6. The van der Waals surface area contributed by atoms with Crippen LogP contribution in [-0.2, 0) is 15.9 Å². The molecular weight excluding hydrogens is 265 g/mol. The summed E-state index contributed by atoms with van der Waals surface area (Å²) in [6.45, 7) is 4.29. The van der Waals surface area contributed by atoms with Crippen LogP contribution in [0.25, 0.3) is 0 Å². The lowest BCUT2D eigenvalue weighted by Crippen LogP contribution is -2.33. The highest BCUT2D eigenvalue weighted by Crippen LogP contribution is 2.37. The zero-order valence-corrected chi connectivity index (χ0v) is 12.1. The number of hydrogen-bond donors (Lipinski definition) is 2. The number of benzene rings is 1. The molecule has 2 atom stereocenters. The van der Waals surface area contributed by atoms with Crippen LogP contribution in [0.5, 0.6) is 0 Å². The molecule has 0 spiro atoms. The van der Waals surface area contributed by atoms with Crippen molar-refractivity contribution in [3.8, 4) is 0 Å². The molecule has 0 saturated carbocycles. The van der Waals surface area contributed by atoms with E-state index >= 15 is 0 Å². The van der Waals surface area contributed by atoms with Gasteiger partial charge in [0, 0.05) is 0 Å². The largest absolute Gasteiger partial charge is 0.445 e. The van der Waals surface area contributed by atoms with Gasteiger partial charge in [0.05, 0.1) is 6.61 Å². The molecule has 5 nitrogen and oxygen atoms in total. The second-order valence-corrected chi connectivity index (χ2v) is 5.34. The van der Waals surface area contributed by atoms with Gasteiger partial charge in [-0.2, -0.15) is 0 Å². The molecule has 106 valence electrons. The summed E-state index contributed by atoms with van der Waals surface area (Å²) < 4.78 is 10.2. The summed E-state index contributed by atoms with van der Waals surface area (Å²) in [6, 6.07) is 9.42. The molecule has 19 heavy (non-hydrogen) atoms. The zero-order valence-electron chi connectivity index (χ0n) is 11.2. The van der Waals surface area contributed by atoms with Crippen molar-refractivity contribution in [2.75, 3.05) is 6.61 Å². The van der Waals surface area contributed by atoms with Gasteiger partial charge in [0.25, 0.3) is 0 Å². The van der Waals surface area contributed by atoms with Crippen molar-refractivity contribution in [3.63, 3.8) is 0 Å². The van der Waals surface area contributed by atoms with E-state index in [4.69, 9.17) is 9.26 Å². The third-order valence-corrected chi connectivity index (χ3v) is 3.96. The predicted octanol–water partition coefficient (Wildman–Crippen LogP) is 2.99. The van der Waals surface area contributed by atoms with Gasteiger partial charge in [-0.15, -0.1) is 0 Å². The number of hydrogen-bond acceptors (Lipinski definition) is 4. The Bertz CT molecular complexity index is 374. The van der Waals surface area contributed by atoms with Crippen molar-refractivity contribution < 1.29 is 18.9 Å². The summed E-state index contributed by atoms with van der Waals surface area (Å²) in [4.78, 5) is 21.3. The van der Waals surface area contributed by atoms with E-state index in [0.717, 1.165) is 5.56 Å². The predicted molar refractivity (Wildman–Crippen MR) is 74.6 cm³/mol. The van der Waals surface area contributed by atoms with Gasteiger partial charge < -0.3 is 19.5 Å². The molecule has 1 amide bonds. The van der Waals surface area contributed by atoms with Crippen molar-refractivity contribution in [1.29, 1.82) is 0 Å². The topological polar surface area (TPSA) is 67.8 Å². The molecule has 1 aromatic carbocycles. The van der Waals surface area contributed by atoms with Gasteiger partial charge in [0.15, 0.2) is 8.38 Å². The third kappa shape index (κ3) is 6.01. The van der Waals surface area contributed by atoms with E-state index in [0.29, 0.717) is 13.0 Å². The third-order valence-electron chi connectivity index (χ3n) is 2.41. The fourth-order valence-electron chi connectivity index (χ4n) is 1.44. The average Bonchev–Trinajstić information content (AvgIpc) is 2.44. The van der Waals surface area contributed by atoms with Gasteiger partial charge in [0.2, 0.25) is 0 Å². The fourth-order valence-corrected chi connectivity index (χ4v) is 2.41. The molecule has 0 heterocycles. The standard InChI is InChI=1S/C13H20NO4P/c1-3-12(19(16)18-4-2)14-13(15)17-10-11-8-6-5-7-9-11/h5-9,12,16H,3-4,10H2,1-2H3,(H,14,15). The lowest BCUT2D eigenvalue weighted by Gasteiger charge is -2.21. The minimum Gasteiger partial charge on any atom is -0.445 e. The van der Waals surface area contributed by atoms with Crippen LogP contribution in [-0.4, -0.2) is 23.4 Å². The number of rotatable bonds is 7. The van der Waals surface area contributed by atoms with Crippen LogP contribution < -0.4 is 5.32 Å². The first-order valence-corrected chi connectivity index (χ1v) is 7.53. The maximum Gasteiger partial charge on any atom is 0.408 e. The number of nitrogens with one attached hydrogen (secondary N) is 1. The second kappa shape index (κ2) is 8.86. The van der Waals surface area contributed by atoms with E-state index in [1.54, 1.807) is 6.92 Å². The smallest absolute Gasteiger partial charge is 0.408 e. The molecule has 0 radical (unpaired) electrons. The van der Waals surface area contributed by atoms with Gasteiger partial charge in [-0.3, -0.25) is 0 Å². The van der Waals surface area contributed by atoms with E-state index in [1.807, 2.05) is 37.3 Å². The lowest BCUT2D eigenvalue weighted by molar-refractivity contribution is 0.137. The van der Waals surface area contributed by atoms with Crippen LogP contribution in [0.4, 0.5) is 4.79 Å². The highest BCUT2D eigenvalue weighted by Gasteiger charge is 2.21. The van der Waals surface area contributed by atoms with Crippen molar-refractivity contribution in [2.24, 2.45) is 0 Å². The number of amides is 1. The monoisotopic (exact) mass is 285 g/mol. The maximum atomic E-state index is 11.6. The molecule has 1 aromatic rings. The van der Waals surface area contributed by atoms with E-state index in [1.165, 1.54) is 0 Å². The Labute approximate surface area is 114 Å². The molecule has 0 fully saturated rings. The summed E-state index contributed by atoms with van der Waals surface area (Å²) in [5.41, 5.74) is 0.918. The van der Waals surface area contributed by atoms with Crippen molar-refractivity contribution >= 4 is 14.5 Å². The molecule has 0 aromatic heterocycles. The number of carbonyl (C=O) groups is 1. The average molecular weight is 285 g/mol. The Kier molecular flexibility index (Phi) is 7.41. The van der Waals surface area contributed by atoms with Crippen LogP contribution in [0.15, 0.2) is 30.3 Å². The van der Waals surface area contributed by atoms with E-state index in [2.05, 4.69) is 5.32 Å². The molecule has 0 aliphatic heterocycles. The quantitative estimate of drug-likeness (QED) is 0.756. The molecule has 1 rings (SSSR count). The minimum atomic E-state index is -1.65. The summed E-state index contributed by atoms with van der Waals surface area (Å²) in [5.74, 6) is -0.404. The molecule has 0 bridgehead atoms. The normalized spacial score (nSPS) is 13.6. The van der Waals surface area contributed by atoms with E-state index in [-0.39, 0.29) is 6.61 Å². The number of carbonyl (C=O) groups excluding carboxylic acids is 1. The SMILES string of the molecule is CCOP(O)C(CC)NC(=O)OCc1ccccc1. The van der Waals surface area contributed by atoms with Crippen LogP contribution in [0.1, 0.15) is 25.8 Å². The first kappa shape index (κ1) is 15.9. The van der Waals surface area contributed by atoms with Crippen molar-refractivity contribution in [2.45, 2.75) is 32.7 Å². The summed E-state index contributed by atoms with van der Waals surface area (Å²) in [7, 11) is -1.65. The first-order chi connectivity index (χ1) is 9.17. The molecule has 0 saturated heterocycles. The highest BCUT2D eigenvalue weighted by atomic mass is 31.2.